The molecule has 0 spiro atoms. The molecule has 1 amide bonds. The summed E-state index contributed by atoms with van der Waals surface area (Å²) in [5.74, 6) is 0.615. The predicted octanol–water partition coefficient (Wildman–Crippen LogP) is 1.39. The van der Waals surface area contributed by atoms with E-state index in [0.717, 1.165) is 24.2 Å². The Kier molecular flexibility index (Phi) is 4.07. The second-order valence-electron chi connectivity index (χ2n) is 6.89. The lowest BCUT2D eigenvalue weighted by Gasteiger charge is -2.23. The molecule has 8 nitrogen and oxygen atoms in total. The summed E-state index contributed by atoms with van der Waals surface area (Å²) in [4.78, 5) is 18.0. The van der Waals surface area contributed by atoms with Crippen molar-refractivity contribution in [3.05, 3.63) is 35.9 Å². The van der Waals surface area contributed by atoms with Crippen molar-refractivity contribution >= 4 is 21.6 Å². The largest absolute Gasteiger partial charge is 0.309 e. The van der Waals surface area contributed by atoms with Crippen LogP contribution in [0.5, 0.6) is 0 Å². The maximum Gasteiger partial charge on any atom is 0.241 e. The molecule has 1 N–H and O–H groups in total. The van der Waals surface area contributed by atoms with Crippen molar-refractivity contribution in [3.8, 4) is 0 Å². The first-order chi connectivity index (χ1) is 12.4. The minimum atomic E-state index is -3.69. The van der Waals surface area contributed by atoms with Crippen molar-refractivity contribution in [2.75, 3.05) is 4.90 Å². The molecule has 0 fully saturated rings. The van der Waals surface area contributed by atoms with Crippen molar-refractivity contribution in [2.45, 2.75) is 56.6 Å². The van der Waals surface area contributed by atoms with Crippen molar-refractivity contribution in [3.63, 3.8) is 0 Å². The normalized spacial score (nSPS) is 22.2. The molecule has 4 rings (SSSR count). The molecule has 2 atom stereocenters. The van der Waals surface area contributed by atoms with Crippen LogP contribution in [0, 0.1) is 0 Å². The summed E-state index contributed by atoms with van der Waals surface area (Å²) >= 11 is 0. The monoisotopic (exact) mass is 375 g/mol. The first-order valence-corrected chi connectivity index (χ1v) is 10.2. The summed E-state index contributed by atoms with van der Waals surface area (Å²) in [7, 11) is -3.69. The minimum absolute atomic E-state index is 0.0327. The van der Waals surface area contributed by atoms with E-state index in [-0.39, 0.29) is 22.9 Å². The van der Waals surface area contributed by atoms with Crippen molar-refractivity contribution in [1.29, 1.82) is 0 Å². The number of nitrogens with zero attached hydrogens (tertiary/aromatic N) is 4. The smallest absolute Gasteiger partial charge is 0.241 e. The zero-order valence-electron chi connectivity index (χ0n) is 14.7. The highest BCUT2D eigenvalue weighted by atomic mass is 32.2. The Bertz CT molecular complexity index is 969. The van der Waals surface area contributed by atoms with Gasteiger partial charge in [-0.25, -0.2) is 22.8 Å². The second kappa shape index (κ2) is 6.17. The van der Waals surface area contributed by atoms with Crippen LogP contribution < -0.4 is 9.62 Å². The molecular formula is C17H21N5O3S. The van der Waals surface area contributed by atoms with Crippen LogP contribution >= 0.6 is 0 Å². The predicted molar refractivity (Wildman–Crippen MR) is 95.1 cm³/mol. The third kappa shape index (κ3) is 2.80. The van der Waals surface area contributed by atoms with Gasteiger partial charge < -0.3 is 4.90 Å². The van der Waals surface area contributed by atoms with Crippen LogP contribution in [0.1, 0.15) is 44.1 Å². The lowest BCUT2D eigenvalue weighted by atomic mass is 10.1. The van der Waals surface area contributed by atoms with Crippen LogP contribution in [0.25, 0.3) is 0 Å². The molecule has 0 bridgehead atoms. The van der Waals surface area contributed by atoms with E-state index in [1.807, 2.05) is 6.92 Å². The number of carbonyl (C=O) groups is 1. The fourth-order valence-corrected chi connectivity index (χ4v) is 5.19. The minimum Gasteiger partial charge on any atom is -0.309 e. The third-order valence-electron chi connectivity index (χ3n) is 5.03. The fraction of sp³-hybridized carbons (Fsp3) is 0.471. The molecule has 9 heteroatoms. The first-order valence-electron chi connectivity index (χ1n) is 8.69. The van der Waals surface area contributed by atoms with Crippen molar-refractivity contribution in [1.82, 2.24) is 19.5 Å². The lowest BCUT2D eigenvalue weighted by Crippen LogP contribution is -2.33. The molecule has 2 aliphatic heterocycles. The molecule has 0 unspecified atom stereocenters. The number of aryl methyl sites for hydroxylation is 1. The van der Waals surface area contributed by atoms with Crippen LogP contribution in [0.3, 0.4) is 0 Å². The number of rotatable bonds is 3. The van der Waals surface area contributed by atoms with Crippen LogP contribution in [-0.4, -0.2) is 35.1 Å². The van der Waals surface area contributed by atoms with Gasteiger partial charge in [-0.1, -0.05) is 0 Å². The SMILES string of the molecule is CC(=O)N1c2ccc(S(=O)(=O)N[C@H]3CCCn4ncnc43)cc2C[C@H]1C. The average molecular weight is 375 g/mol. The number of benzene rings is 1. The number of nitrogens with one attached hydrogen (secondary N) is 1. The molecule has 0 saturated carbocycles. The highest BCUT2D eigenvalue weighted by Crippen LogP contribution is 2.34. The molecule has 1 aromatic heterocycles. The standard InChI is InChI=1S/C17H21N5O3S/c1-11-8-13-9-14(5-6-16(13)22(11)12(2)23)26(24,25)20-15-4-3-7-21-17(15)18-10-19-21/h5-6,9-11,15,20H,3-4,7-8H2,1-2H3/t11-,15+/m1/s1. The van der Waals surface area contributed by atoms with Crippen LogP contribution in [0.2, 0.25) is 0 Å². The summed E-state index contributed by atoms with van der Waals surface area (Å²) in [6.07, 6.45) is 3.64. The summed E-state index contributed by atoms with van der Waals surface area (Å²) in [6.45, 7) is 4.24. The van der Waals surface area contributed by atoms with Crippen LogP contribution in [-0.2, 0) is 27.8 Å². The van der Waals surface area contributed by atoms with Gasteiger partial charge in [0.1, 0.15) is 12.2 Å². The summed E-state index contributed by atoms with van der Waals surface area (Å²) in [5.41, 5.74) is 1.67. The van der Waals surface area contributed by atoms with Gasteiger partial charge in [-0.15, -0.1) is 0 Å². The number of hydrogen-bond donors (Lipinski definition) is 1. The van der Waals surface area contributed by atoms with Gasteiger partial charge >= 0.3 is 0 Å². The Morgan fingerprint density at radius 2 is 2.15 bits per heavy atom. The summed E-state index contributed by atoms with van der Waals surface area (Å²) in [6, 6.07) is 4.60. The van der Waals surface area contributed by atoms with Gasteiger partial charge in [0.25, 0.3) is 0 Å². The van der Waals surface area contributed by atoms with E-state index in [1.165, 1.54) is 13.3 Å². The van der Waals surface area contributed by atoms with E-state index in [9.17, 15) is 13.2 Å². The Labute approximate surface area is 152 Å². The quantitative estimate of drug-likeness (QED) is 0.874. The maximum absolute atomic E-state index is 12.9. The van der Waals surface area contributed by atoms with Crippen LogP contribution in [0.15, 0.2) is 29.4 Å². The molecule has 3 heterocycles. The molecular weight excluding hydrogens is 354 g/mol. The number of aromatic nitrogens is 3. The van der Waals surface area contributed by atoms with Crippen molar-refractivity contribution < 1.29 is 13.2 Å². The Morgan fingerprint density at radius 3 is 2.92 bits per heavy atom. The number of sulfonamides is 1. The van der Waals surface area contributed by atoms with Gasteiger partial charge in [-0.05, 0) is 49.9 Å². The molecule has 1 aromatic carbocycles. The van der Waals surface area contributed by atoms with E-state index in [2.05, 4.69) is 14.8 Å². The van der Waals surface area contributed by atoms with Gasteiger partial charge in [-0.2, -0.15) is 5.10 Å². The average Bonchev–Trinajstić information content (AvgIpc) is 3.17. The Balaban J connectivity index is 1.63. The Morgan fingerprint density at radius 1 is 1.35 bits per heavy atom. The number of carbonyl (C=O) groups excluding carboxylic acids is 1. The highest BCUT2D eigenvalue weighted by molar-refractivity contribution is 7.89. The summed E-state index contributed by atoms with van der Waals surface area (Å²) in [5, 5.41) is 4.12. The molecule has 138 valence electrons. The molecule has 2 aliphatic rings. The van der Waals surface area contributed by atoms with E-state index in [4.69, 9.17) is 0 Å². The topological polar surface area (TPSA) is 97.2 Å². The highest BCUT2D eigenvalue weighted by Gasteiger charge is 2.32. The van der Waals surface area contributed by atoms with Gasteiger partial charge in [0.15, 0.2) is 0 Å². The number of amides is 1. The molecule has 0 saturated heterocycles. The van der Waals surface area contributed by atoms with E-state index in [0.29, 0.717) is 18.7 Å². The second-order valence-corrected chi connectivity index (χ2v) is 8.60. The third-order valence-corrected chi connectivity index (χ3v) is 6.50. The molecule has 2 aromatic rings. The number of anilines is 1. The van der Waals surface area contributed by atoms with Crippen LogP contribution in [0.4, 0.5) is 5.69 Å². The zero-order chi connectivity index (χ0) is 18.5. The van der Waals surface area contributed by atoms with Gasteiger partial charge in [0, 0.05) is 25.2 Å². The van der Waals surface area contributed by atoms with E-state index >= 15 is 0 Å². The lowest BCUT2D eigenvalue weighted by molar-refractivity contribution is -0.116. The van der Waals surface area contributed by atoms with Gasteiger partial charge in [0.2, 0.25) is 15.9 Å². The maximum atomic E-state index is 12.9. The van der Waals surface area contributed by atoms with Gasteiger partial charge in [0.05, 0.1) is 10.9 Å². The molecule has 0 radical (unpaired) electrons. The fourth-order valence-electron chi connectivity index (χ4n) is 3.91. The molecule has 0 aliphatic carbocycles. The van der Waals surface area contributed by atoms with E-state index in [1.54, 1.807) is 27.8 Å². The Hall–Kier alpha value is -2.26. The zero-order valence-corrected chi connectivity index (χ0v) is 15.5. The molecule has 26 heavy (non-hydrogen) atoms. The number of hydrogen-bond acceptors (Lipinski definition) is 5. The number of fused-ring (bicyclic) bond motifs is 2. The summed E-state index contributed by atoms with van der Waals surface area (Å²) < 4.78 is 30.3. The van der Waals surface area contributed by atoms with Gasteiger partial charge in [-0.3, -0.25) is 4.79 Å². The van der Waals surface area contributed by atoms with E-state index < -0.39 is 10.0 Å². The first kappa shape index (κ1) is 17.2. The van der Waals surface area contributed by atoms with Crippen molar-refractivity contribution in [2.24, 2.45) is 0 Å².